The van der Waals surface area contributed by atoms with Gasteiger partial charge in [0.25, 0.3) is 0 Å². The van der Waals surface area contributed by atoms with E-state index in [-0.39, 0.29) is 11.8 Å². The van der Waals surface area contributed by atoms with E-state index in [1.54, 1.807) is 29.2 Å². The van der Waals surface area contributed by atoms with Crippen molar-refractivity contribution in [3.63, 3.8) is 0 Å². The zero-order valence-electron chi connectivity index (χ0n) is 16.3. The number of carbonyl (C=O) groups is 2. The molecule has 4 rings (SSSR count). The molecule has 2 amide bonds. The van der Waals surface area contributed by atoms with Crippen LogP contribution in [0, 0.1) is 5.92 Å². The Kier molecular flexibility index (Phi) is 6.00. The van der Waals surface area contributed by atoms with Crippen molar-refractivity contribution in [1.29, 1.82) is 0 Å². The summed E-state index contributed by atoms with van der Waals surface area (Å²) in [6, 6.07) is 24.2. The molecule has 5 nitrogen and oxygen atoms in total. The zero-order valence-corrected chi connectivity index (χ0v) is 17.0. The molecule has 152 valence electrons. The second-order valence-corrected chi connectivity index (χ2v) is 7.54. The Labute approximate surface area is 180 Å². The highest BCUT2D eigenvalue weighted by molar-refractivity contribution is 6.31. The maximum Gasteiger partial charge on any atom is 0.239 e. The molecule has 1 unspecified atom stereocenters. The summed E-state index contributed by atoms with van der Waals surface area (Å²) in [6.07, 6.45) is 0.459. The van der Waals surface area contributed by atoms with Crippen LogP contribution in [-0.4, -0.2) is 18.4 Å². The molecule has 3 aromatic carbocycles. The number of hydrogen-bond donors (Lipinski definition) is 1. The summed E-state index contributed by atoms with van der Waals surface area (Å²) in [5, 5.41) is 3.31. The number of halogens is 1. The molecule has 0 bridgehead atoms. The number of nitrogens with zero attached hydrogens (tertiary/aromatic N) is 1. The molecule has 1 fully saturated rings. The van der Waals surface area contributed by atoms with E-state index in [0.717, 1.165) is 11.3 Å². The van der Waals surface area contributed by atoms with Crippen molar-refractivity contribution < 1.29 is 14.3 Å². The molecule has 0 radical (unpaired) electrons. The Bertz CT molecular complexity index is 1060. The smallest absolute Gasteiger partial charge is 0.239 e. The second kappa shape index (κ2) is 9.01. The topological polar surface area (TPSA) is 58.6 Å². The van der Waals surface area contributed by atoms with Gasteiger partial charge >= 0.3 is 0 Å². The lowest BCUT2D eigenvalue weighted by atomic mass is 10.1. The molecule has 0 saturated carbocycles. The summed E-state index contributed by atoms with van der Waals surface area (Å²) in [6.45, 7) is 0.928. The Morgan fingerprint density at radius 1 is 1.03 bits per heavy atom. The van der Waals surface area contributed by atoms with E-state index in [4.69, 9.17) is 16.3 Å². The van der Waals surface area contributed by atoms with Gasteiger partial charge in [0.2, 0.25) is 11.8 Å². The highest BCUT2D eigenvalue weighted by Gasteiger charge is 2.37. The predicted molar refractivity (Wildman–Crippen MR) is 118 cm³/mol. The third kappa shape index (κ3) is 4.63. The number of nitrogens with one attached hydrogen (secondary N) is 1. The minimum atomic E-state index is -0.724. The number of amides is 2. The van der Waals surface area contributed by atoms with Crippen molar-refractivity contribution in [3.8, 4) is 5.75 Å². The van der Waals surface area contributed by atoms with Gasteiger partial charge in [-0.2, -0.15) is 0 Å². The van der Waals surface area contributed by atoms with Crippen molar-refractivity contribution in [1.82, 2.24) is 0 Å². The Morgan fingerprint density at radius 3 is 2.63 bits per heavy atom. The first-order valence-corrected chi connectivity index (χ1v) is 10.1. The molecule has 1 aliphatic rings. The van der Waals surface area contributed by atoms with Crippen molar-refractivity contribution in [2.75, 3.05) is 16.8 Å². The Hall–Kier alpha value is -3.31. The van der Waals surface area contributed by atoms with Gasteiger partial charge in [0.05, 0.1) is 0 Å². The SMILES string of the molecule is O=C(Nc1cccc(Cl)c1)C1CCN(c2cccc(OCc3ccccc3)c2)C1=O. The molecule has 1 aliphatic heterocycles. The number of rotatable bonds is 6. The van der Waals surface area contributed by atoms with Crippen LogP contribution in [0.5, 0.6) is 5.75 Å². The summed E-state index contributed by atoms with van der Waals surface area (Å²) in [5.74, 6) is -0.579. The number of carbonyl (C=O) groups excluding carboxylic acids is 2. The average Bonchev–Trinajstić information content (AvgIpc) is 3.15. The molecule has 30 heavy (non-hydrogen) atoms. The minimum Gasteiger partial charge on any atom is -0.489 e. The fraction of sp³-hybridized carbons (Fsp3) is 0.167. The van der Waals surface area contributed by atoms with E-state index in [9.17, 15) is 9.59 Å². The van der Waals surface area contributed by atoms with E-state index < -0.39 is 5.92 Å². The standard InChI is InChI=1S/C24H21ClN2O3/c25-18-8-4-9-19(14-18)26-23(28)22-12-13-27(24(22)29)20-10-5-11-21(15-20)30-16-17-6-2-1-3-7-17/h1-11,14-15,22H,12-13,16H2,(H,26,28). The summed E-state index contributed by atoms with van der Waals surface area (Å²) in [4.78, 5) is 27.1. The summed E-state index contributed by atoms with van der Waals surface area (Å²) >= 11 is 5.96. The van der Waals surface area contributed by atoms with Crippen molar-refractivity contribution in [2.24, 2.45) is 5.92 Å². The lowest BCUT2D eigenvalue weighted by Gasteiger charge is -2.18. The van der Waals surface area contributed by atoms with Crippen LogP contribution in [0.2, 0.25) is 5.02 Å². The largest absolute Gasteiger partial charge is 0.489 e. The van der Waals surface area contributed by atoms with Crippen molar-refractivity contribution in [2.45, 2.75) is 13.0 Å². The Morgan fingerprint density at radius 2 is 1.83 bits per heavy atom. The van der Waals surface area contributed by atoms with Gasteiger partial charge in [-0.3, -0.25) is 9.59 Å². The molecule has 1 heterocycles. The van der Waals surface area contributed by atoms with Crippen LogP contribution in [0.4, 0.5) is 11.4 Å². The summed E-state index contributed by atoms with van der Waals surface area (Å²) in [5.41, 5.74) is 2.37. The van der Waals surface area contributed by atoms with Crippen LogP contribution >= 0.6 is 11.6 Å². The predicted octanol–water partition coefficient (Wildman–Crippen LogP) is 4.91. The molecule has 1 atom stereocenters. The highest BCUT2D eigenvalue weighted by Crippen LogP contribution is 2.29. The van der Waals surface area contributed by atoms with Gasteiger partial charge in [0.1, 0.15) is 18.3 Å². The van der Waals surface area contributed by atoms with Crippen LogP contribution in [0.15, 0.2) is 78.9 Å². The van der Waals surface area contributed by atoms with Crippen LogP contribution in [-0.2, 0) is 16.2 Å². The van der Waals surface area contributed by atoms with E-state index in [2.05, 4.69) is 5.32 Å². The maximum atomic E-state index is 12.9. The first-order valence-electron chi connectivity index (χ1n) is 9.75. The summed E-state index contributed by atoms with van der Waals surface area (Å²) in [7, 11) is 0. The van der Waals surface area contributed by atoms with E-state index >= 15 is 0 Å². The van der Waals surface area contributed by atoms with Crippen molar-refractivity contribution >= 4 is 34.8 Å². The lowest BCUT2D eigenvalue weighted by Crippen LogP contribution is -2.33. The number of benzene rings is 3. The second-order valence-electron chi connectivity index (χ2n) is 7.10. The van der Waals surface area contributed by atoms with Gasteiger partial charge < -0.3 is 15.0 Å². The number of anilines is 2. The normalized spacial score (nSPS) is 15.8. The molecule has 1 N–H and O–H groups in total. The van der Waals surface area contributed by atoms with Crippen LogP contribution in [0.3, 0.4) is 0 Å². The number of hydrogen-bond acceptors (Lipinski definition) is 3. The minimum absolute atomic E-state index is 0.213. The molecular weight excluding hydrogens is 400 g/mol. The maximum absolute atomic E-state index is 12.9. The molecule has 3 aromatic rings. The third-order valence-corrected chi connectivity index (χ3v) is 5.23. The van der Waals surface area contributed by atoms with Gasteiger partial charge in [-0.05, 0) is 42.3 Å². The van der Waals surface area contributed by atoms with Gasteiger partial charge in [-0.1, -0.05) is 54.1 Å². The average molecular weight is 421 g/mol. The third-order valence-electron chi connectivity index (χ3n) is 4.99. The molecule has 0 aliphatic carbocycles. The fourth-order valence-electron chi connectivity index (χ4n) is 3.46. The lowest BCUT2D eigenvalue weighted by molar-refractivity contribution is -0.129. The molecule has 0 spiro atoms. The van der Waals surface area contributed by atoms with Gasteiger partial charge in [0.15, 0.2) is 0 Å². The monoisotopic (exact) mass is 420 g/mol. The van der Waals surface area contributed by atoms with Crippen molar-refractivity contribution in [3.05, 3.63) is 89.4 Å². The van der Waals surface area contributed by atoms with Crippen LogP contribution in [0.1, 0.15) is 12.0 Å². The molecule has 1 saturated heterocycles. The molecular formula is C24H21ClN2O3. The van der Waals surface area contributed by atoms with Gasteiger partial charge in [-0.25, -0.2) is 0 Å². The fourth-order valence-corrected chi connectivity index (χ4v) is 3.65. The van der Waals surface area contributed by atoms with Crippen LogP contribution in [0.25, 0.3) is 0 Å². The number of ether oxygens (including phenoxy) is 1. The van der Waals surface area contributed by atoms with Gasteiger partial charge in [0, 0.05) is 29.0 Å². The van der Waals surface area contributed by atoms with E-state index in [0.29, 0.717) is 36.0 Å². The Balaban J connectivity index is 1.41. The molecule has 6 heteroatoms. The van der Waals surface area contributed by atoms with E-state index in [1.165, 1.54) is 0 Å². The molecule has 0 aromatic heterocycles. The van der Waals surface area contributed by atoms with E-state index in [1.807, 2.05) is 54.6 Å². The van der Waals surface area contributed by atoms with Crippen LogP contribution < -0.4 is 15.0 Å². The first kappa shape index (κ1) is 20.0. The van der Waals surface area contributed by atoms with Gasteiger partial charge in [-0.15, -0.1) is 0 Å². The first-order chi connectivity index (χ1) is 14.6. The quantitative estimate of drug-likeness (QED) is 0.576. The summed E-state index contributed by atoms with van der Waals surface area (Å²) < 4.78 is 5.86. The highest BCUT2D eigenvalue weighted by atomic mass is 35.5. The zero-order chi connectivity index (χ0) is 20.9.